The Morgan fingerprint density at radius 3 is 2.61 bits per heavy atom. The number of benzene rings is 1. The Morgan fingerprint density at radius 2 is 2.06 bits per heavy atom. The summed E-state index contributed by atoms with van der Waals surface area (Å²) in [7, 11) is -1.72. The normalized spacial score (nSPS) is 13.4. The zero-order valence-electron chi connectivity index (χ0n) is 10.4. The van der Waals surface area contributed by atoms with E-state index in [1.807, 2.05) is 6.92 Å². The minimum atomic E-state index is -3.43. The van der Waals surface area contributed by atoms with Crippen LogP contribution >= 0.6 is 27.5 Å². The molecule has 0 aliphatic carbocycles. The molecule has 1 rings (SSSR count). The van der Waals surface area contributed by atoms with Crippen LogP contribution in [0.2, 0.25) is 5.02 Å². The van der Waals surface area contributed by atoms with Crippen LogP contribution < -0.4 is 10.0 Å². The maximum atomic E-state index is 12.0. The van der Waals surface area contributed by atoms with Crippen LogP contribution in [0, 0.1) is 6.92 Å². The van der Waals surface area contributed by atoms with Crippen molar-refractivity contribution in [1.82, 2.24) is 5.32 Å². The lowest BCUT2D eigenvalue weighted by Crippen LogP contribution is -2.33. The van der Waals surface area contributed by atoms with E-state index in [9.17, 15) is 8.42 Å². The van der Waals surface area contributed by atoms with Crippen molar-refractivity contribution >= 4 is 43.2 Å². The number of rotatable bonds is 5. The highest BCUT2D eigenvalue weighted by Crippen LogP contribution is 2.30. The van der Waals surface area contributed by atoms with Gasteiger partial charge in [-0.1, -0.05) is 11.6 Å². The van der Waals surface area contributed by atoms with Crippen LogP contribution in [0.1, 0.15) is 12.5 Å². The van der Waals surface area contributed by atoms with Gasteiger partial charge in [-0.2, -0.15) is 0 Å². The highest BCUT2D eigenvalue weighted by atomic mass is 79.9. The molecule has 0 aromatic heterocycles. The molecule has 2 N–H and O–H groups in total. The lowest BCUT2D eigenvalue weighted by molar-refractivity contribution is 0.583. The molecule has 0 saturated carbocycles. The van der Waals surface area contributed by atoms with E-state index in [-0.39, 0.29) is 0 Å². The van der Waals surface area contributed by atoms with Crippen LogP contribution in [0.4, 0.5) is 5.69 Å². The lowest BCUT2D eigenvalue weighted by Gasteiger charge is -2.16. The Balaban J connectivity index is 3.01. The maximum Gasteiger partial charge on any atom is 0.236 e. The molecule has 1 atom stereocenters. The first-order chi connectivity index (χ1) is 8.27. The summed E-state index contributed by atoms with van der Waals surface area (Å²) in [4.78, 5) is 0. The zero-order valence-corrected chi connectivity index (χ0v) is 13.6. The van der Waals surface area contributed by atoms with Gasteiger partial charge in [-0.3, -0.25) is 4.72 Å². The molecule has 0 aliphatic rings. The number of halogens is 2. The third-order valence-electron chi connectivity index (χ3n) is 2.52. The Kier molecular flexibility index (Phi) is 5.46. The van der Waals surface area contributed by atoms with Gasteiger partial charge in [0.05, 0.1) is 10.9 Å². The van der Waals surface area contributed by atoms with Gasteiger partial charge in [0.25, 0.3) is 0 Å². The zero-order chi connectivity index (χ0) is 13.9. The Labute approximate surface area is 121 Å². The van der Waals surface area contributed by atoms with Gasteiger partial charge >= 0.3 is 0 Å². The van der Waals surface area contributed by atoms with E-state index >= 15 is 0 Å². The minimum Gasteiger partial charge on any atom is -0.318 e. The summed E-state index contributed by atoms with van der Waals surface area (Å²) >= 11 is 9.31. The Hall–Kier alpha value is -0.300. The van der Waals surface area contributed by atoms with Crippen molar-refractivity contribution in [3.63, 3.8) is 0 Å². The van der Waals surface area contributed by atoms with Crippen molar-refractivity contribution in [1.29, 1.82) is 0 Å². The molecule has 0 spiro atoms. The quantitative estimate of drug-likeness (QED) is 0.854. The van der Waals surface area contributed by atoms with Crippen molar-refractivity contribution < 1.29 is 8.42 Å². The third-order valence-corrected chi connectivity index (χ3v) is 5.32. The fourth-order valence-electron chi connectivity index (χ4n) is 1.38. The van der Waals surface area contributed by atoms with Gasteiger partial charge < -0.3 is 5.32 Å². The highest BCUT2D eigenvalue weighted by molar-refractivity contribution is 9.10. The molecule has 7 heteroatoms. The predicted octanol–water partition coefficient (Wildman–Crippen LogP) is 2.76. The van der Waals surface area contributed by atoms with E-state index in [1.54, 1.807) is 26.1 Å². The summed E-state index contributed by atoms with van der Waals surface area (Å²) in [5.41, 5.74) is 1.34. The Bertz CT molecular complexity index is 534. The molecule has 0 radical (unpaired) electrons. The van der Waals surface area contributed by atoms with Gasteiger partial charge in [-0.25, -0.2) is 8.42 Å². The molecule has 0 amide bonds. The lowest BCUT2D eigenvalue weighted by atomic mass is 10.2. The second kappa shape index (κ2) is 6.23. The summed E-state index contributed by atoms with van der Waals surface area (Å²) in [5, 5.41) is 2.83. The number of nitrogens with one attached hydrogen (secondary N) is 2. The summed E-state index contributed by atoms with van der Waals surface area (Å²) in [6.45, 7) is 3.88. The van der Waals surface area contributed by atoms with Crippen molar-refractivity contribution in [2.45, 2.75) is 19.1 Å². The maximum absolute atomic E-state index is 12.0. The van der Waals surface area contributed by atoms with Crippen molar-refractivity contribution in [2.75, 3.05) is 18.3 Å². The largest absolute Gasteiger partial charge is 0.318 e. The van der Waals surface area contributed by atoms with E-state index in [0.717, 1.165) is 5.56 Å². The first-order valence-corrected chi connectivity index (χ1v) is 8.11. The molecule has 1 aromatic carbocycles. The molecule has 0 saturated heterocycles. The van der Waals surface area contributed by atoms with E-state index in [0.29, 0.717) is 21.7 Å². The molecule has 4 nitrogen and oxygen atoms in total. The fraction of sp³-hybridized carbons (Fsp3) is 0.455. The molecule has 1 unspecified atom stereocenters. The van der Waals surface area contributed by atoms with Crippen molar-refractivity contribution in [2.24, 2.45) is 0 Å². The minimum absolute atomic E-state index is 0.381. The van der Waals surface area contributed by atoms with E-state index < -0.39 is 15.3 Å². The molecule has 0 heterocycles. The molecule has 0 fully saturated rings. The van der Waals surface area contributed by atoms with Gasteiger partial charge in [0.1, 0.15) is 0 Å². The van der Waals surface area contributed by atoms with Crippen molar-refractivity contribution in [3.05, 3.63) is 27.2 Å². The van der Waals surface area contributed by atoms with Crippen LogP contribution in [-0.4, -0.2) is 27.3 Å². The molecule has 0 bridgehead atoms. The van der Waals surface area contributed by atoms with E-state index in [4.69, 9.17) is 11.6 Å². The van der Waals surface area contributed by atoms with Gasteiger partial charge in [0.2, 0.25) is 10.0 Å². The number of hydrogen-bond acceptors (Lipinski definition) is 3. The van der Waals surface area contributed by atoms with E-state index in [2.05, 4.69) is 26.0 Å². The molecule has 1 aromatic rings. The average Bonchev–Trinajstić information content (AvgIpc) is 2.26. The molecular weight excluding hydrogens is 340 g/mol. The smallest absolute Gasteiger partial charge is 0.236 e. The van der Waals surface area contributed by atoms with Crippen LogP contribution in [-0.2, 0) is 10.0 Å². The average molecular weight is 356 g/mol. The second-order valence-electron chi connectivity index (χ2n) is 4.10. The third kappa shape index (κ3) is 3.85. The predicted molar refractivity (Wildman–Crippen MR) is 79.8 cm³/mol. The van der Waals surface area contributed by atoms with Crippen LogP contribution in [0.15, 0.2) is 16.6 Å². The number of anilines is 1. The molecule has 0 aliphatic heterocycles. The summed E-state index contributed by atoms with van der Waals surface area (Å²) in [5.74, 6) is 0. The summed E-state index contributed by atoms with van der Waals surface area (Å²) in [6.07, 6.45) is 0. The molecule has 18 heavy (non-hydrogen) atoms. The molecule has 102 valence electrons. The first kappa shape index (κ1) is 15.8. The SMILES string of the molecule is CNCC(C)S(=O)(=O)Nc1cc(Cl)c(C)cc1Br. The van der Waals surface area contributed by atoms with Crippen LogP contribution in [0.3, 0.4) is 0 Å². The van der Waals surface area contributed by atoms with Crippen molar-refractivity contribution in [3.8, 4) is 0 Å². The number of hydrogen-bond donors (Lipinski definition) is 2. The first-order valence-electron chi connectivity index (χ1n) is 5.39. The number of aryl methyl sites for hydroxylation is 1. The topological polar surface area (TPSA) is 58.2 Å². The van der Waals surface area contributed by atoms with Crippen LogP contribution in [0.25, 0.3) is 0 Å². The highest BCUT2D eigenvalue weighted by Gasteiger charge is 2.21. The summed E-state index contributed by atoms with van der Waals surface area (Å²) in [6, 6.07) is 3.38. The van der Waals surface area contributed by atoms with Gasteiger partial charge in [0, 0.05) is 16.0 Å². The molecular formula is C11H16BrClN2O2S. The monoisotopic (exact) mass is 354 g/mol. The second-order valence-corrected chi connectivity index (χ2v) is 7.46. The number of sulfonamides is 1. The van der Waals surface area contributed by atoms with Crippen LogP contribution in [0.5, 0.6) is 0 Å². The Morgan fingerprint density at radius 1 is 1.44 bits per heavy atom. The van der Waals surface area contributed by atoms with Gasteiger partial charge in [0.15, 0.2) is 0 Å². The standard InChI is InChI=1S/C11H16BrClN2O2S/c1-7-4-9(12)11(5-10(7)13)15-18(16,17)8(2)6-14-3/h4-5,8,14-15H,6H2,1-3H3. The fourth-order valence-corrected chi connectivity index (χ4v) is 3.29. The van der Waals surface area contributed by atoms with E-state index in [1.165, 1.54) is 0 Å². The summed E-state index contributed by atoms with van der Waals surface area (Å²) < 4.78 is 27.3. The van der Waals surface area contributed by atoms with Gasteiger partial charge in [-0.05, 0) is 54.5 Å². The van der Waals surface area contributed by atoms with Gasteiger partial charge in [-0.15, -0.1) is 0 Å².